The van der Waals surface area contributed by atoms with Crippen molar-refractivity contribution < 1.29 is 22.9 Å². The number of benzene rings is 3. The Labute approximate surface area is 216 Å². The zero-order valence-corrected chi connectivity index (χ0v) is 21.5. The number of nitro groups is 1. The van der Waals surface area contributed by atoms with E-state index in [2.05, 4.69) is 5.32 Å². The summed E-state index contributed by atoms with van der Waals surface area (Å²) in [5.74, 6) is 0.156. The fourth-order valence-electron chi connectivity index (χ4n) is 4.60. The van der Waals surface area contributed by atoms with E-state index in [4.69, 9.17) is 4.74 Å². The van der Waals surface area contributed by atoms with Crippen LogP contribution in [0.5, 0.6) is 5.75 Å². The van der Waals surface area contributed by atoms with Crippen LogP contribution >= 0.6 is 0 Å². The lowest BCUT2D eigenvalue weighted by atomic mass is 9.83. The Bertz CT molecular complexity index is 1390. The number of anilines is 1. The quantitative estimate of drug-likeness (QED) is 0.312. The predicted molar refractivity (Wildman–Crippen MR) is 140 cm³/mol. The number of amides is 1. The van der Waals surface area contributed by atoms with Crippen LogP contribution < -0.4 is 14.4 Å². The van der Waals surface area contributed by atoms with Crippen LogP contribution in [0.25, 0.3) is 0 Å². The Morgan fingerprint density at radius 1 is 1.05 bits per heavy atom. The smallest absolute Gasteiger partial charge is 0.271 e. The van der Waals surface area contributed by atoms with Crippen LogP contribution in [0, 0.1) is 10.1 Å². The largest absolute Gasteiger partial charge is 0.487 e. The summed E-state index contributed by atoms with van der Waals surface area (Å²) in [6, 6.07) is 20.0. The number of sulfonamides is 1. The Morgan fingerprint density at radius 2 is 1.73 bits per heavy atom. The van der Waals surface area contributed by atoms with Gasteiger partial charge in [0, 0.05) is 24.1 Å². The van der Waals surface area contributed by atoms with Gasteiger partial charge in [0.15, 0.2) is 0 Å². The molecule has 1 aliphatic heterocycles. The number of nitrogens with zero attached hydrogens (tertiary/aromatic N) is 2. The van der Waals surface area contributed by atoms with Gasteiger partial charge >= 0.3 is 0 Å². The number of carbonyl (C=O) groups is 1. The first-order valence-electron chi connectivity index (χ1n) is 12.1. The molecule has 0 aliphatic carbocycles. The number of nitro benzene ring substituents is 1. The van der Waals surface area contributed by atoms with E-state index in [0.717, 1.165) is 28.8 Å². The molecule has 0 saturated carbocycles. The van der Waals surface area contributed by atoms with Crippen molar-refractivity contribution >= 4 is 27.3 Å². The summed E-state index contributed by atoms with van der Waals surface area (Å²) in [4.78, 5) is 24.1. The summed E-state index contributed by atoms with van der Waals surface area (Å²) >= 11 is 0. The number of non-ortho nitro benzene ring substituents is 1. The van der Waals surface area contributed by atoms with Crippen molar-refractivity contribution in [1.82, 2.24) is 5.32 Å². The van der Waals surface area contributed by atoms with E-state index >= 15 is 0 Å². The third-order valence-corrected chi connectivity index (χ3v) is 8.56. The molecule has 0 saturated heterocycles. The Kier molecular flexibility index (Phi) is 7.49. The van der Waals surface area contributed by atoms with Crippen molar-refractivity contribution in [2.24, 2.45) is 0 Å². The molecule has 0 fully saturated rings. The Hall–Kier alpha value is -3.92. The second-order valence-electron chi connectivity index (χ2n) is 8.96. The number of carbonyl (C=O) groups excluding carboxylic acids is 1. The average molecular weight is 524 g/mol. The van der Waals surface area contributed by atoms with Gasteiger partial charge in [-0.3, -0.25) is 19.2 Å². The first-order valence-corrected chi connectivity index (χ1v) is 13.5. The molecule has 1 amide bonds. The number of fused-ring (bicyclic) bond motifs is 1. The number of para-hydroxylation sites is 1. The fraction of sp³-hybridized carbons (Fsp3) is 0.296. The van der Waals surface area contributed by atoms with Gasteiger partial charge in [-0.15, -0.1) is 0 Å². The normalized spacial score (nSPS) is 16.2. The molecule has 0 aromatic heterocycles. The first-order chi connectivity index (χ1) is 17.7. The van der Waals surface area contributed by atoms with Gasteiger partial charge in [0.25, 0.3) is 15.7 Å². The van der Waals surface area contributed by atoms with E-state index in [1.807, 2.05) is 38.1 Å². The number of hydrogen-bond acceptors (Lipinski definition) is 6. The average Bonchev–Trinajstić information content (AvgIpc) is 2.92. The Balaban J connectivity index is 1.68. The van der Waals surface area contributed by atoms with Crippen molar-refractivity contribution in [2.45, 2.75) is 49.6 Å². The lowest BCUT2D eigenvalue weighted by Gasteiger charge is -2.41. The van der Waals surface area contributed by atoms with Gasteiger partial charge < -0.3 is 10.1 Å². The highest BCUT2D eigenvalue weighted by molar-refractivity contribution is 7.92. The minimum atomic E-state index is -4.20. The van der Waals surface area contributed by atoms with Gasteiger partial charge in [-0.1, -0.05) is 56.3 Å². The minimum absolute atomic E-state index is 0.0250. The highest BCUT2D eigenvalue weighted by Crippen LogP contribution is 2.42. The lowest BCUT2D eigenvalue weighted by Crippen LogP contribution is -2.47. The van der Waals surface area contributed by atoms with Crippen molar-refractivity contribution in [2.75, 3.05) is 10.8 Å². The maximum atomic E-state index is 13.6. The predicted octanol–water partition coefficient (Wildman–Crippen LogP) is 4.99. The van der Waals surface area contributed by atoms with Crippen molar-refractivity contribution in [1.29, 1.82) is 0 Å². The molecule has 0 radical (unpaired) electrons. The van der Waals surface area contributed by atoms with E-state index in [-0.39, 0.29) is 22.3 Å². The monoisotopic (exact) mass is 523 g/mol. The van der Waals surface area contributed by atoms with Gasteiger partial charge in [-0.05, 0) is 37.1 Å². The Morgan fingerprint density at radius 3 is 2.41 bits per heavy atom. The summed E-state index contributed by atoms with van der Waals surface area (Å²) in [7, 11) is -4.20. The van der Waals surface area contributed by atoms with Gasteiger partial charge in [0.05, 0.1) is 21.5 Å². The molecule has 1 N–H and O–H groups in total. The number of ether oxygens (including phenoxy) is 1. The number of nitrogens with one attached hydrogen (secondary N) is 1. The molecule has 9 nitrogen and oxygen atoms in total. The van der Waals surface area contributed by atoms with E-state index in [0.29, 0.717) is 12.2 Å². The van der Waals surface area contributed by atoms with E-state index in [1.165, 1.54) is 30.3 Å². The molecule has 1 unspecified atom stereocenters. The van der Waals surface area contributed by atoms with Crippen LogP contribution in [-0.2, 0) is 14.8 Å². The molecule has 0 bridgehead atoms. The maximum Gasteiger partial charge on any atom is 0.271 e. The fourth-order valence-corrected chi connectivity index (χ4v) is 6.03. The molecule has 1 atom stereocenters. The van der Waals surface area contributed by atoms with Crippen molar-refractivity contribution in [3.8, 4) is 5.75 Å². The molecule has 1 heterocycles. The molecule has 3 aromatic carbocycles. The first kappa shape index (κ1) is 26.2. The van der Waals surface area contributed by atoms with Gasteiger partial charge in [-0.25, -0.2) is 8.42 Å². The lowest BCUT2D eigenvalue weighted by molar-refractivity contribution is -0.384. The molecule has 37 heavy (non-hydrogen) atoms. The third-order valence-electron chi connectivity index (χ3n) is 6.77. The molecule has 194 valence electrons. The van der Waals surface area contributed by atoms with Crippen LogP contribution in [0.4, 0.5) is 11.4 Å². The van der Waals surface area contributed by atoms with Crippen LogP contribution in [-0.4, -0.2) is 31.4 Å². The summed E-state index contributed by atoms with van der Waals surface area (Å²) in [6.45, 7) is 3.52. The zero-order valence-electron chi connectivity index (χ0n) is 20.7. The van der Waals surface area contributed by atoms with Crippen molar-refractivity contribution in [3.63, 3.8) is 0 Å². The van der Waals surface area contributed by atoms with Crippen LogP contribution in [0.2, 0.25) is 0 Å². The molecule has 10 heteroatoms. The van der Waals surface area contributed by atoms with Gasteiger partial charge in [-0.2, -0.15) is 0 Å². The topological polar surface area (TPSA) is 119 Å². The highest BCUT2D eigenvalue weighted by Gasteiger charge is 2.39. The van der Waals surface area contributed by atoms with E-state index in [9.17, 15) is 23.3 Å². The summed E-state index contributed by atoms with van der Waals surface area (Å²) < 4.78 is 34.4. The molecule has 3 aromatic rings. The molecular formula is C27H29N3O6S. The van der Waals surface area contributed by atoms with Crippen LogP contribution in [0.3, 0.4) is 0 Å². The molecule has 1 aliphatic rings. The van der Waals surface area contributed by atoms with E-state index < -0.39 is 33.0 Å². The maximum absolute atomic E-state index is 13.6. The third kappa shape index (κ3) is 5.43. The second-order valence-corrected chi connectivity index (χ2v) is 10.8. The minimum Gasteiger partial charge on any atom is -0.487 e. The van der Waals surface area contributed by atoms with Crippen molar-refractivity contribution in [3.05, 3.63) is 94.5 Å². The highest BCUT2D eigenvalue weighted by atomic mass is 32.2. The second kappa shape index (κ2) is 10.6. The van der Waals surface area contributed by atoms with Gasteiger partial charge in [0.2, 0.25) is 5.91 Å². The van der Waals surface area contributed by atoms with Gasteiger partial charge in [0.1, 0.15) is 17.9 Å². The summed E-state index contributed by atoms with van der Waals surface area (Å²) in [5.41, 5.74) is 0.112. The number of hydrogen-bond donors (Lipinski definition) is 1. The summed E-state index contributed by atoms with van der Waals surface area (Å²) in [6.07, 6.45) is 2.02. The number of rotatable bonds is 9. The molecule has 4 rings (SSSR count). The SMILES string of the molecule is CCC1(CC)CC(NC(=O)CN(c2cccc([N+](=O)[O-])c2)S(=O)(=O)c2ccccc2)c2ccccc2O1. The van der Waals surface area contributed by atoms with E-state index in [1.54, 1.807) is 18.2 Å². The molecular weight excluding hydrogens is 494 g/mol. The molecule has 0 spiro atoms. The zero-order chi connectivity index (χ0) is 26.6. The summed E-state index contributed by atoms with van der Waals surface area (Å²) in [5, 5.41) is 14.4. The van der Waals surface area contributed by atoms with Crippen LogP contribution in [0.1, 0.15) is 44.7 Å². The standard InChI is InChI=1S/C27H29N3O6S/c1-3-27(4-2)18-24(23-15-8-9-16-25(23)36-27)28-26(31)19-29(20-11-10-12-21(17-20)30(32)33)37(34,35)22-13-6-5-7-14-22/h5-17,24H,3-4,18-19H2,1-2H3,(H,28,31). The van der Waals surface area contributed by atoms with Crippen LogP contribution in [0.15, 0.2) is 83.8 Å².